The topological polar surface area (TPSA) is 71.5 Å². The van der Waals surface area contributed by atoms with Gasteiger partial charge in [-0.2, -0.15) is 0 Å². The zero-order chi connectivity index (χ0) is 19.2. The summed E-state index contributed by atoms with van der Waals surface area (Å²) >= 11 is 0. The zero-order valence-electron chi connectivity index (χ0n) is 15.3. The quantitative estimate of drug-likeness (QED) is 0.657. The van der Waals surface area contributed by atoms with Crippen molar-refractivity contribution < 1.29 is 18.0 Å². The van der Waals surface area contributed by atoms with Crippen LogP contribution in [0.1, 0.15) is 24.1 Å². The summed E-state index contributed by atoms with van der Waals surface area (Å²) < 4.78 is 24.8. The number of amides is 1. The number of aromatic nitrogens is 1. The van der Waals surface area contributed by atoms with E-state index < -0.39 is 0 Å². The average Bonchev–Trinajstić information content (AvgIpc) is 3.32. The van der Waals surface area contributed by atoms with Crippen LogP contribution < -0.4 is 5.32 Å². The van der Waals surface area contributed by atoms with Crippen LogP contribution in [0, 0.1) is 5.82 Å². The van der Waals surface area contributed by atoms with Crippen LogP contribution in [0.2, 0.25) is 0 Å². The number of aryl methyl sites for hydroxylation is 1. The third-order valence-electron chi connectivity index (χ3n) is 4.25. The van der Waals surface area contributed by atoms with Gasteiger partial charge in [-0.15, -0.1) is 0 Å². The molecule has 0 aliphatic heterocycles. The van der Waals surface area contributed by atoms with Crippen molar-refractivity contribution in [1.82, 2.24) is 15.2 Å². The standard InChI is InChI=1S/C20H22FN3O3/c1-24(2)16(17-8-5-11-26-17)12-22-19(25)9-10-20-23-13-18(27-20)14-6-3-4-7-15(14)21/h3-8,11,13,16H,9-10,12H2,1-2H3,(H,22,25)/t16-/m1/s1. The molecule has 0 aliphatic carbocycles. The van der Waals surface area contributed by atoms with Gasteiger partial charge in [-0.3, -0.25) is 9.69 Å². The number of carbonyl (C=O) groups is 1. The van der Waals surface area contributed by atoms with Gasteiger partial charge in [-0.25, -0.2) is 9.37 Å². The van der Waals surface area contributed by atoms with Gasteiger partial charge in [0.15, 0.2) is 11.7 Å². The third kappa shape index (κ3) is 4.83. The maximum Gasteiger partial charge on any atom is 0.220 e. The van der Waals surface area contributed by atoms with Crippen molar-refractivity contribution in [3.05, 3.63) is 66.3 Å². The fourth-order valence-corrected chi connectivity index (χ4v) is 2.75. The number of rotatable bonds is 8. The van der Waals surface area contributed by atoms with E-state index in [1.54, 1.807) is 24.5 Å². The van der Waals surface area contributed by atoms with Crippen molar-refractivity contribution in [1.29, 1.82) is 0 Å². The van der Waals surface area contributed by atoms with E-state index in [1.807, 2.05) is 31.1 Å². The van der Waals surface area contributed by atoms with Crippen LogP contribution in [0.15, 0.2) is 57.7 Å². The highest BCUT2D eigenvalue weighted by Gasteiger charge is 2.18. The number of furan rings is 1. The summed E-state index contributed by atoms with van der Waals surface area (Å²) in [5.41, 5.74) is 0.355. The molecule has 0 radical (unpaired) electrons. The highest BCUT2D eigenvalue weighted by Crippen LogP contribution is 2.23. The van der Waals surface area contributed by atoms with E-state index >= 15 is 0 Å². The molecule has 2 aromatic heterocycles. The van der Waals surface area contributed by atoms with Crippen molar-refractivity contribution >= 4 is 5.91 Å². The molecule has 6 nitrogen and oxygen atoms in total. The van der Waals surface area contributed by atoms with Crippen LogP contribution in [0.5, 0.6) is 0 Å². The average molecular weight is 371 g/mol. The van der Waals surface area contributed by atoms with Gasteiger partial charge >= 0.3 is 0 Å². The predicted molar refractivity (Wildman–Crippen MR) is 98.4 cm³/mol. The minimum absolute atomic E-state index is 0.0432. The maximum atomic E-state index is 13.8. The molecule has 1 N–H and O–H groups in total. The Labute approximate surface area is 157 Å². The van der Waals surface area contributed by atoms with Gasteiger partial charge in [0.25, 0.3) is 0 Å². The van der Waals surface area contributed by atoms with E-state index in [1.165, 1.54) is 12.3 Å². The van der Waals surface area contributed by atoms with Gasteiger partial charge in [0.05, 0.1) is 24.1 Å². The second-order valence-electron chi connectivity index (χ2n) is 6.40. The van der Waals surface area contributed by atoms with E-state index in [2.05, 4.69) is 10.3 Å². The molecule has 2 heterocycles. The number of nitrogens with zero attached hydrogens (tertiary/aromatic N) is 2. The highest BCUT2D eigenvalue weighted by atomic mass is 19.1. The molecule has 1 atom stereocenters. The number of oxazole rings is 1. The Hall–Kier alpha value is -2.93. The lowest BCUT2D eigenvalue weighted by Crippen LogP contribution is -2.34. The van der Waals surface area contributed by atoms with Crippen molar-refractivity contribution in [2.24, 2.45) is 0 Å². The number of likely N-dealkylation sites (N-methyl/N-ethyl adjacent to an activating group) is 1. The SMILES string of the molecule is CN(C)[C@H](CNC(=O)CCc1ncc(-c2ccccc2F)o1)c1ccco1. The lowest BCUT2D eigenvalue weighted by molar-refractivity contribution is -0.121. The molecule has 0 fully saturated rings. The summed E-state index contributed by atoms with van der Waals surface area (Å²) in [6, 6.07) is 10.0. The minimum atomic E-state index is -0.370. The Morgan fingerprint density at radius 3 is 2.78 bits per heavy atom. The maximum absolute atomic E-state index is 13.8. The van der Waals surface area contributed by atoms with Gasteiger partial charge in [0, 0.05) is 19.4 Å². The van der Waals surface area contributed by atoms with Gasteiger partial charge < -0.3 is 14.2 Å². The van der Waals surface area contributed by atoms with Crippen molar-refractivity contribution in [3.8, 4) is 11.3 Å². The van der Waals surface area contributed by atoms with Crippen molar-refractivity contribution in [2.45, 2.75) is 18.9 Å². The normalized spacial score (nSPS) is 12.3. The molecule has 0 saturated heterocycles. The smallest absolute Gasteiger partial charge is 0.220 e. The van der Waals surface area contributed by atoms with Crippen LogP contribution in [-0.2, 0) is 11.2 Å². The van der Waals surface area contributed by atoms with Gasteiger partial charge in [-0.05, 0) is 38.4 Å². The zero-order valence-corrected chi connectivity index (χ0v) is 15.3. The lowest BCUT2D eigenvalue weighted by Gasteiger charge is -2.22. The molecule has 1 amide bonds. The summed E-state index contributed by atoms with van der Waals surface area (Å²) in [6.07, 6.45) is 3.66. The number of nitrogens with one attached hydrogen (secondary N) is 1. The molecule has 27 heavy (non-hydrogen) atoms. The number of hydrogen-bond acceptors (Lipinski definition) is 5. The number of carbonyl (C=O) groups excluding carboxylic acids is 1. The summed E-state index contributed by atoms with van der Waals surface area (Å²) in [4.78, 5) is 18.3. The van der Waals surface area contributed by atoms with Crippen LogP contribution in [0.3, 0.4) is 0 Å². The predicted octanol–water partition coefficient (Wildman–Crippen LogP) is 3.43. The van der Waals surface area contributed by atoms with Gasteiger partial charge in [-0.1, -0.05) is 12.1 Å². The lowest BCUT2D eigenvalue weighted by atomic mass is 10.2. The number of hydrogen-bond donors (Lipinski definition) is 1. The Bertz CT molecular complexity index is 874. The molecule has 142 valence electrons. The van der Waals surface area contributed by atoms with E-state index in [0.717, 1.165) is 5.76 Å². The monoisotopic (exact) mass is 371 g/mol. The molecule has 7 heteroatoms. The molecule has 1 aromatic carbocycles. The van der Waals surface area contributed by atoms with E-state index in [-0.39, 0.29) is 24.2 Å². The van der Waals surface area contributed by atoms with Crippen LogP contribution in [0.4, 0.5) is 4.39 Å². The van der Waals surface area contributed by atoms with Crippen molar-refractivity contribution in [2.75, 3.05) is 20.6 Å². The van der Waals surface area contributed by atoms with Crippen molar-refractivity contribution in [3.63, 3.8) is 0 Å². The van der Waals surface area contributed by atoms with Gasteiger partial charge in [0.2, 0.25) is 5.91 Å². The summed E-state index contributed by atoms with van der Waals surface area (Å²) in [5, 5.41) is 2.90. The van der Waals surface area contributed by atoms with Gasteiger partial charge in [0.1, 0.15) is 11.6 Å². The summed E-state index contributed by atoms with van der Waals surface area (Å²) in [5.74, 6) is 1.07. The van der Waals surface area contributed by atoms with E-state index in [0.29, 0.717) is 30.2 Å². The summed E-state index contributed by atoms with van der Waals surface area (Å²) in [6.45, 7) is 0.436. The Balaban J connectivity index is 1.52. The Morgan fingerprint density at radius 2 is 2.07 bits per heavy atom. The molecule has 3 aromatic rings. The van der Waals surface area contributed by atoms with Crippen LogP contribution in [0.25, 0.3) is 11.3 Å². The Kier molecular flexibility index (Phi) is 6.03. The highest BCUT2D eigenvalue weighted by molar-refractivity contribution is 5.76. The molecule has 0 unspecified atom stereocenters. The molecular formula is C20H22FN3O3. The first-order valence-electron chi connectivity index (χ1n) is 8.70. The fraction of sp³-hybridized carbons (Fsp3) is 0.300. The first kappa shape index (κ1) is 18.8. The molecule has 0 bridgehead atoms. The number of halogens is 1. The molecule has 0 saturated carbocycles. The second-order valence-corrected chi connectivity index (χ2v) is 6.40. The number of benzene rings is 1. The molecule has 0 spiro atoms. The van der Waals surface area contributed by atoms with E-state index in [9.17, 15) is 9.18 Å². The van der Waals surface area contributed by atoms with E-state index in [4.69, 9.17) is 8.83 Å². The summed E-state index contributed by atoms with van der Waals surface area (Å²) in [7, 11) is 3.85. The first-order valence-corrected chi connectivity index (χ1v) is 8.70. The largest absolute Gasteiger partial charge is 0.468 e. The first-order chi connectivity index (χ1) is 13.0. The molecule has 3 rings (SSSR count). The fourth-order valence-electron chi connectivity index (χ4n) is 2.75. The molecular weight excluding hydrogens is 349 g/mol. The van der Waals surface area contributed by atoms with Crippen LogP contribution >= 0.6 is 0 Å². The third-order valence-corrected chi connectivity index (χ3v) is 4.25. The molecule has 0 aliphatic rings. The van der Waals surface area contributed by atoms with Crippen LogP contribution in [-0.4, -0.2) is 36.4 Å². The second kappa shape index (κ2) is 8.64. The minimum Gasteiger partial charge on any atom is -0.468 e. The Morgan fingerprint density at radius 1 is 1.26 bits per heavy atom.